The highest BCUT2D eigenvalue weighted by Crippen LogP contribution is 2.23. The lowest BCUT2D eigenvalue weighted by molar-refractivity contribution is 0.0925. The molecule has 0 spiro atoms. The zero-order valence-electron chi connectivity index (χ0n) is 14.8. The maximum absolute atomic E-state index is 12.2. The second-order valence-electron chi connectivity index (χ2n) is 5.65. The van der Waals surface area contributed by atoms with Gasteiger partial charge in [0.05, 0.1) is 7.11 Å². The Morgan fingerprint density at radius 1 is 1.00 bits per heavy atom. The number of nitrogens with one attached hydrogen (secondary N) is 2. The van der Waals surface area contributed by atoms with Crippen molar-refractivity contribution in [2.75, 3.05) is 20.2 Å². The highest BCUT2D eigenvalue weighted by molar-refractivity contribution is 7.13. The number of hydrogen-bond acceptors (Lipinski definition) is 5. The summed E-state index contributed by atoms with van der Waals surface area (Å²) in [7, 11) is 1.55. The summed E-state index contributed by atoms with van der Waals surface area (Å²) in [6.07, 6.45) is 0. The van der Waals surface area contributed by atoms with Crippen molar-refractivity contribution in [3.63, 3.8) is 0 Å². The molecule has 0 aliphatic rings. The number of benzene rings is 2. The Kier molecular flexibility index (Phi) is 6.17. The molecule has 2 aromatic carbocycles. The second kappa shape index (κ2) is 8.95. The first-order chi connectivity index (χ1) is 13.2. The van der Waals surface area contributed by atoms with Crippen LogP contribution < -0.4 is 15.4 Å². The molecule has 27 heavy (non-hydrogen) atoms. The van der Waals surface area contributed by atoms with E-state index in [1.807, 2.05) is 30.3 Å². The Balaban J connectivity index is 1.47. The van der Waals surface area contributed by atoms with Crippen molar-refractivity contribution in [2.24, 2.45) is 0 Å². The SMILES string of the molecule is COc1cccc(C(=O)NCCNC(=O)c2csc(-c3ccccc3)n2)c1. The summed E-state index contributed by atoms with van der Waals surface area (Å²) in [5.41, 5.74) is 1.86. The molecule has 2 N–H and O–H groups in total. The Morgan fingerprint density at radius 2 is 1.74 bits per heavy atom. The number of aromatic nitrogens is 1. The molecule has 0 unspecified atom stereocenters. The van der Waals surface area contributed by atoms with E-state index in [2.05, 4.69) is 15.6 Å². The number of rotatable bonds is 7. The van der Waals surface area contributed by atoms with Crippen molar-refractivity contribution in [2.45, 2.75) is 0 Å². The molecular weight excluding hydrogens is 362 g/mol. The largest absolute Gasteiger partial charge is 0.497 e. The van der Waals surface area contributed by atoms with E-state index in [1.165, 1.54) is 11.3 Å². The molecule has 1 aromatic heterocycles. The molecular formula is C20H19N3O3S. The molecule has 0 aliphatic carbocycles. The maximum Gasteiger partial charge on any atom is 0.270 e. The van der Waals surface area contributed by atoms with Gasteiger partial charge in [-0.05, 0) is 18.2 Å². The van der Waals surface area contributed by atoms with Crippen LogP contribution in [-0.4, -0.2) is 37.0 Å². The minimum Gasteiger partial charge on any atom is -0.497 e. The highest BCUT2D eigenvalue weighted by Gasteiger charge is 2.11. The van der Waals surface area contributed by atoms with E-state index in [9.17, 15) is 9.59 Å². The molecule has 3 aromatic rings. The van der Waals surface area contributed by atoms with Gasteiger partial charge in [0.2, 0.25) is 0 Å². The number of carbonyl (C=O) groups is 2. The van der Waals surface area contributed by atoms with Crippen LogP contribution in [0.3, 0.4) is 0 Å². The van der Waals surface area contributed by atoms with Crippen LogP contribution in [0, 0.1) is 0 Å². The van der Waals surface area contributed by atoms with Crippen molar-refractivity contribution in [1.29, 1.82) is 0 Å². The minimum atomic E-state index is -0.260. The van der Waals surface area contributed by atoms with Gasteiger partial charge >= 0.3 is 0 Å². The Bertz CT molecular complexity index is 925. The molecule has 0 bridgehead atoms. The molecule has 7 heteroatoms. The lowest BCUT2D eigenvalue weighted by atomic mass is 10.2. The lowest BCUT2D eigenvalue weighted by Gasteiger charge is -2.07. The normalized spacial score (nSPS) is 10.3. The number of methoxy groups -OCH3 is 1. The van der Waals surface area contributed by atoms with Crippen LogP contribution in [0.4, 0.5) is 0 Å². The van der Waals surface area contributed by atoms with Crippen LogP contribution in [0.1, 0.15) is 20.8 Å². The van der Waals surface area contributed by atoms with Crippen LogP contribution >= 0.6 is 11.3 Å². The number of nitrogens with zero attached hydrogens (tertiary/aromatic N) is 1. The van der Waals surface area contributed by atoms with Crippen molar-refractivity contribution in [1.82, 2.24) is 15.6 Å². The van der Waals surface area contributed by atoms with Gasteiger partial charge in [-0.1, -0.05) is 36.4 Å². The van der Waals surface area contributed by atoms with E-state index in [0.717, 1.165) is 10.6 Å². The van der Waals surface area contributed by atoms with Gasteiger partial charge in [-0.3, -0.25) is 9.59 Å². The minimum absolute atomic E-state index is 0.219. The molecule has 0 radical (unpaired) electrons. The molecule has 6 nitrogen and oxygen atoms in total. The summed E-state index contributed by atoms with van der Waals surface area (Å²) in [5, 5.41) is 8.05. The summed E-state index contributed by atoms with van der Waals surface area (Å²) in [4.78, 5) is 28.7. The first kappa shape index (κ1) is 18.6. The zero-order chi connectivity index (χ0) is 19.1. The molecule has 0 saturated carbocycles. The molecule has 0 saturated heterocycles. The van der Waals surface area contributed by atoms with Gasteiger partial charge in [-0.2, -0.15) is 0 Å². The second-order valence-corrected chi connectivity index (χ2v) is 6.51. The summed E-state index contributed by atoms with van der Waals surface area (Å²) in [6.45, 7) is 0.629. The van der Waals surface area contributed by atoms with E-state index in [4.69, 9.17) is 4.74 Å². The first-order valence-corrected chi connectivity index (χ1v) is 9.27. The van der Waals surface area contributed by atoms with E-state index < -0.39 is 0 Å². The number of carbonyl (C=O) groups excluding carboxylic acids is 2. The Morgan fingerprint density at radius 3 is 2.48 bits per heavy atom. The predicted octanol–water partition coefficient (Wildman–Crippen LogP) is 2.98. The molecule has 0 aliphatic heterocycles. The quantitative estimate of drug-likeness (QED) is 0.617. The summed E-state index contributed by atoms with van der Waals surface area (Å²) >= 11 is 1.42. The number of amides is 2. The molecule has 1 heterocycles. The van der Waals surface area contributed by atoms with Gasteiger partial charge in [-0.15, -0.1) is 11.3 Å². The summed E-state index contributed by atoms with van der Waals surface area (Å²) in [5.74, 6) is 0.140. The van der Waals surface area contributed by atoms with Crippen LogP contribution in [0.15, 0.2) is 60.0 Å². The van der Waals surface area contributed by atoms with E-state index in [-0.39, 0.29) is 11.8 Å². The standard InChI is InChI=1S/C20H19N3O3S/c1-26-16-9-5-8-15(12-16)18(24)21-10-11-22-19(25)17-13-27-20(23-17)14-6-3-2-4-7-14/h2-9,12-13H,10-11H2,1H3,(H,21,24)(H,22,25). The van der Waals surface area contributed by atoms with Gasteiger partial charge in [0, 0.05) is 29.6 Å². The number of hydrogen-bond donors (Lipinski definition) is 2. The molecule has 0 atom stereocenters. The van der Waals surface area contributed by atoms with Crippen molar-refractivity contribution in [3.05, 3.63) is 71.2 Å². The lowest BCUT2D eigenvalue weighted by Crippen LogP contribution is -2.34. The van der Waals surface area contributed by atoms with E-state index >= 15 is 0 Å². The Hall–Kier alpha value is -3.19. The first-order valence-electron chi connectivity index (χ1n) is 8.39. The molecule has 138 valence electrons. The molecule has 0 fully saturated rings. The monoisotopic (exact) mass is 381 g/mol. The van der Waals surface area contributed by atoms with E-state index in [0.29, 0.717) is 30.1 Å². The fraction of sp³-hybridized carbons (Fsp3) is 0.150. The third kappa shape index (κ3) is 4.92. The topological polar surface area (TPSA) is 80.3 Å². The van der Waals surface area contributed by atoms with E-state index in [1.54, 1.807) is 36.8 Å². The fourth-order valence-electron chi connectivity index (χ4n) is 2.40. The third-order valence-electron chi connectivity index (χ3n) is 3.79. The molecule has 2 amide bonds. The highest BCUT2D eigenvalue weighted by atomic mass is 32.1. The van der Waals surface area contributed by atoms with Gasteiger partial charge in [0.1, 0.15) is 16.5 Å². The van der Waals surface area contributed by atoms with Gasteiger partial charge in [0.25, 0.3) is 11.8 Å². The van der Waals surface area contributed by atoms with Crippen molar-refractivity contribution in [3.8, 4) is 16.3 Å². The average Bonchev–Trinajstić information content (AvgIpc) is 3.22. The van der Waals surface area contributed by atoms with Crippen molar-refractivity contribution >= 4 is 23.2 Å². The third-order valence-corrected chi connectivity index (χ3v) is 4.68. The number of ether oxygens (including phenoxy) is 1. The fourth-order valence-corrected chi connectivity index (χ4v) is 3.21. The predicted molar refractivity (Wildman–Crippen MR) is 105 cm³/mol. The zero-order valence-corrected chi connectivity index (χ0v) is 15.6. The van der Waals surface area contributed by atoms with Crippen LogP contribution in [0.25, 0.3) is 10.6 Å². The maximum atomic E-state index is 12.2. The molecule has 3 rings (SSSR count). The smallest absolute Gasteiger partial charge is 0.270 e. The van der Waals surface area contributed by atoms with Crippen LogP contribution in [0.5, 0.6) is 5.75 Å². The van der Waals surface area contributed by atoms with Crippen LogP contribution in [0.2, 0.25) is 0 Å². The Labute approximate surface area is 161 Å². The summed E-state index contributed by atoms with van der Waals surface area (Å²) in [6, 6.07) is 16.6. The van der Waals surface area contributed by atoms with Gasteiger partial charge in [0.15, 0.2) is 0 Å². The average molecular weight is 381 g/mol. The van der Waals surface area contributed by atoms with Crippen LogP contribution in [-0.2, 0) is 0 Å². The van der Waals surface area contributed by atoms with Crippen molar-refractivity contribution < 1.29 is 14.3 Å². The van der Waals surface area contributed by atoms with Gasteiger partial charge < -0.3 is 15.4 Å². The summed E-state index contributed by atoms with van der Waals surface area (Å²) < 4.78 is 5.10. The number of thiazole rings is 1. The van der Waals surface area contributed by atoms with Gasteiger partial charge in [-0.25, -0.2) is 4.98 Å².